The van der Waals surface area contributed by atoms with Crippen molar-refractivity contribution in [3.8, 4) is 23.0 Å². The summed E-state index contributed by atoms with van der Waals surface area (Å²) < 4.78 is 16.2. The standard InChI is InChI=1S/C20H19NO5/c1-11-5-6-16(22)14(7-11)18(23)12-8-13-15(21-10-12)9-17(24-2)20(26-4)19(13)25-3/h5-10,22H,1-4H3. The molecule has 6 heteroatoms. The smallest absolute Gasteiger partial charge is 0.204 e. The zero-order valence-electron chi connectivity index (χ0n) is 15.0. The highest BCUT2D eigenvalue weighted by Crippen LogP contribution is 2.43. The highest BCUT2D eigenvalue weighted by Gasteiger charge is 2.20. The number of hydrogen-bond donors (Lipinski definition) is 1. The van der Waals surface area contributed by atoms with Crippen LogP contribution >= 0.6 is 0 Å². The molecule has 0 bridgehead atoms. The lowest BCUT2D eigenvalue weighted by Gasteiger charge is -2.15. The van der Waals surface area contributed by atoms with Gasteiger partial charge in [0.15, 0.2) is 17.3 Å². The van der Waals surface area contributed by atoms with Crippen molar-refractivity contribution in [1.29, 1.82) is 0 Å². The molecule has 0 spiro atoms. The van der Waals surface area contributed by atoms with Crippen LogP contribution in [0.15, 0.2) is 36.5 Å². The molecule has 0 saturated heterocycles. The summed E-state index contributed by atoms with van der Waals surface area (Å²) in [6.45, 7) is 1.86. The number of nitrogens with zero attached hydrogens (tertiary/aromatic N) is 1. The van der Waals surface area contributed by atoms with E-state index in [0.717, 1.165) is 5.56 Å². The van der Waals surface area contributed by atoms with E-state index in [1.807, 2.05) is 6.92 Å². The predicted molar refractivity (Wildman–Crippen MR) is 97.7 cm³/mol. The molecule has 3 rings (SSSR count). The Kier molecular flexibility index (Phi) is 4.67. The van der Waals surface area contributed by atoms with Crippen LogP contribution in [0.2, 0.25) is 0 Å². The van der Waals surface area contributed by atoms with Crippen molar-refractivity contribution in [3.63, 3.8) is 0 Å². The van der Waals surface area contributed by atoms with Gasteiger partial charge in [-0.3, -0.25) is 9.78 Å². The monoisotopic (exact) mass is 353 g/mol. The first-order valence-electron chi connectivity index (χ1n) is 7.93. The number of hydrogen-bond acceptors (Lipinski definition) is 6. The molecule has 0 aliphatic carbocycles. The number of pyridine rings is 1. The average Bonchev–Trinajstić information content (AvgIpc) is 2.67. The van der Waals surface area contributed by atoms with Crippen molar-refractivity contribution in [2.24, 2.45) is 0 Å². The van der Waals surface area contributed by atoms with E-state index in [1.165, 1.54) is 33.6 Å². The molecule has 0 saturated carbocycles. The molecule has 0 fully saturated rings. The minimum Gasteiger partial charge on any atom is -0.507 e. The van der Waals surface area contributed by atoms with Crippen molar-refractivity contribution < 1.29 is 24.1 Å². The summed E-state index contributed by atoms with van der Waals surface area (Å²) in [6.07, 6.45) is 1.47. The molecule has 134 valence electrons. The molecular formula is C20H19NO5. The van der Waals surface area contributed by atoms with Crippen molar-refractivity contribution in [2.45, 2.75) is 6.92 Å². The van der Waals surface area contributed by atoms with E-state index in [-0.39, 0.29) is 17.1 Å². The molecule has 0 aliphatic heterocycles. The van der Waals surface area contributed by atoms with Gasteiger partial charge < -0.3 is 19.3 Å². The van der Waals surface area contributed by atoms with Crippen LogP contribution < -0.4 is 14.2 Å². The van der Waals surface area contributed by atoms with E-state index in [1.54, 1.807) is 24.3 Å². The Labute approximate surface area is 151 Å². The molecule has 1 N–H and O–H groups in total. The van der Waals surface area contributed by atoms with Gasteiger partial charge in [0, 0.05) is 23.2 Å². The highest BCUT2D eigenvalue weighted by molar-refractivity contribution is 6.12. The molecule has 3 aromatic rings. The average molecular weight is 353 g/mol. The van der Waals surface area contributed by atoms with Gasteiger partial charge in [-0.25, -0.2) is 0 Å². The second-order valence-electron chi connectivity index (χ2n) is 5.79. The first kappa shape index (κ1) is 17.5. The Morgan fingerprint density at radius 1 is 1.00 bits per heavy atom. The molecule has 0 amide bonds. The summed E-state index contributed by atoms with van der Waals surface area (Å²) in [5.41, 5.74) is 2.04. The molecule has 2 aromatic carbocycles. The minimum absolute atomic E-state index is 0.0695. The van der Waals surface area contributed by atoms with Crippen LogP contribution in [0.1, 0.15) is 21.5 Å². The van der Waals surface area contributed by atoms with E-state index < -0.39 is 0 Å². The van der Waals surface area contributed by atoms with Gasteiger partial charge in [0.25, 0.3) is 0 Å². The van der Waals surface area contributed by atoms with Crippen LogP contribution in [-0.2, 0) is 0 Å². The zero-order valence-corrected chi connectivity index (χ0v) is 15.0. The van der Waals surface area contributed by atoms with Gasteiger partial charge in [-0.05, 0) is 25.1 Å². The van der Waals surface area contributed by atoms with Crippen molar-refractivity contribution in [1.82, 2.24) is 4.98 Å². The van der Waals surface area contributed by atoms with Crippen LogP contribution in [-0.4, -0.2) is 37.2 Å². The Morgan fingerprint density at radius 2 is 1.73 bits per heavy atom. The Bertz CT molecular complexity index is 997. The van der Waals surface area contributed by atoms with Gasteiger partial charge in [-0.2, -0.15) is 0 Å². The van der Waals surface area contributed by atoms with Crippen molar-refractivity contribution in [3.05, 3.63) is 53.2 Å². The molecule has 26 heavy (non-hydrogen) atoms. The molecule has 0 unspecified atom stereocenters. The molecule has 0 aliphatic rings. The number of ketones is 1. The Morgan fingerprint density at radius 3 is 2.38 bits per heavy atom. The summed E-state index contributed by atoms with van der Waals surface area (Å²) in [7, 11) is 4.55. The third kappa shape index (κ3) is 2.90. The van der Waals surface area contributed by atoms with Crippen LogP contribution in [0, 0.1) is 6.92 Å². The second kappa shape index (κ2) is 6.92. The topological polar surface area (TPSA) is 77.9 Å². The Hall–Kier alpha value is -3.28. The molecule has 1 aromatic heterocycles. The lowest BCUT2D eigenvalue weighted by Crippen LogP contribution is -2.04. The van der Waals surface area contributed by atoms with E-state index >= 15 is 0 Å². The Balaban J connectivity index is 2.20. The van der Waals surface area contributed by atoms with Crippen LogP contribution in [0.4, 0.5) is 0 Å². The number of phenols is 1. The van der Waals surface area contributed by atoms with E-state index in [9.17, 15) is 9.90 Å². The van der Waals surface area contributed by atoms with E-state index in [0.29, 0.717) is 33.7 Å². The van der Waals surface area contributed by atoms with Gasteiger partial charge in [0.05, 0.1) is 32.4 Å². The van der Waals surface area contributed by atoms with E-state index in [4.69, 9.17) is 14.2 Å². The van der Waals surface area contributed by atoms with E-state index in [2.05, 4.69) is 4.98 Å². The zero-order chi connectivity index (χ0) is 18.8. The fourth-order valence-electron chi connectivity index (χ4n) is 2.86. The number of methoxy groups -OCH3 is 3. The van der Waals surface area contributed by atoms with Crippen LogP contribution in [0.25, 0.3) is 10.9 Å². The lowest BCUT2D eigenvalue weighted by atomic mass is 10.0. The number of aryl methyl sites for hydroxylation is 1. The quantitative estimate of drug-likeness (QED) is 0.707. The number of carbonyl (C=O) groups is 1. The van der Waals surface area contributed by atoms with Crippen molar-refractivity contribution in [2.75, 3.05) is 21.3 Å². The summed E-state index contributed by atoms with van der Waals surface area (Å²) >= 11 is 0. The van der Waals surface area contributed by atoms with Gasteiger partial charge in [0.2, 0.25) is 5.75 Å². The summed E-state index contributed by atoms with van der Waals surface area (Å²) in [6, 6.07) is 8.28. The van der Waals surface area contributed by atoms with Gasteiger partial charge in [-0.1, -0.05) is 11.6 Å². The largest absolute Gasteiger partial charge is 0.507 e. The van der Waals surface area contributed by atoms with Crippen LogP contribution in [0.5, 0.6) is 23.0 Å². The van der Waals surface area contributed by atoms with Gasteiger partial charge in [0.1, 0.15) is 5.75 Å². The second-order valence-corrected chi connectivity index (χ2v) is 5.79. The number of aromatic hydroxyl groups is 1. The molecular weight excluding hydrogens is 334 g/mol. The number of benzene rings is 2. The number of rotatable bonds is 5. The maximum atomic E-state index is 12.8. The number of ether oxygens (including phenoxy) is 3. The lowest BCUT2D eigenvalue weighted by molar-refractivity contribution is 0.103. The number of fused-ring (bicyclic) bond motifs is 1. The first-order chi connectivity index (χ1) is 12.5. The number of carbonyl (C=O) groups excluding carboxylic acids is 1. The maximum Gasteiger partial charge on any atom is 0.204 e. The maximum absolute atomic E-state index is 12.8. The minimum atomic E-state index is -0.322. The van der Waals surface area contributed by atoms with Gasteiger partial charge in [-0.15, -0.1) is 0 Å². The van der Waals surface area contributed by atoms with Crippen LogP contribution in [0.3, 0.4) is 0 Å². The highest BCUT2D eigenvalue weighted by atomic mass is 16.5. The first-order valence-corrected chi connectivity index (χ1v) is 7.93. The molecule has 0 atom stereocenters. The fourth-order valence-corrected chi connectivity index (χ4v) is 2.86. The fraction of sp³-hybridized carbons (Fsp3) is 0.200. The normalized spacial score (nSPS) is 10.6. The third-order valence-corrected chi connectivity index (χ3v) is 4.15. The van der Waals surface area contributed by atoms with Crippen molar-refractivity contribution >= 4 is 16.7 Å². The summed E-state index contributed by atoms with van der Waals surface area (Å²) in [5.74, 6) is 0.946. The van der Waals surface area contributed by atoms with Gasteiger partial charge >= 0.3 is 0 Å². The summed E-state index contributed by atoms with van der Waals surface area (Å²) in [4.78, 5) is 17.2. The predicted octanol–water partition coefficient (Wildman–Crippen LogP) is 3.51. The summed E-state index contributed by atoms with van der Waals surface area (Å²) in [5, 5.41) is 10.6. The SMILES string of the molecule is COc1cc2ncc(C(=O)c3cc(C)ccc3O)cc2c(OC)c1OC. The number of aromatic nitrogens is 1. The number of phenolic OH excluding ortho intramolecular Hbond substituents is 1. The third-order valence-electron chi connectivity index (χ3n) is 4.15. The molecule has 1 heterocycles. The molecule has 0 radical (unpaired) electrons. The molecule has 6 nitrogen and oxygen atoms in total.